The molecular formula is C23H31N3O3. The largest absolute Gasteiger partial charge is 0.340 e. The summed E-state index contributed by atoms with van der Waals surface area (Å²) in [5, 5.41) is 0. The van der Waals surface area contributed by atoms with E-state index in [1.165, 1.54) is 37.0 Å². The molecule has 0 unspecified atom stereocenters. The van der Waals surface area contributed by atoms with Crippen LogP contribution in [-0.2, 0) is 4.79 Å². The van der Waals surface area contributed by atoms with Crippen LogP contribution in [0, 0.1) is 5.92 Å². The van der Waals surface area contributed by atoms with Crippen LogP contribution in [-0.4, -0.2) is 71.7 Å². The van der Waals surface area contributed by atoms with Gasteiger partial charge in [0.1, 0.15) is 0 Å². The molecule has 6 heteroatoms. The van der Waals surface area contributed by atoms with Crippen molar-refractivity contribution in [3.05, 3.63) is 35.4 Å². The van der Waals surface area contributed by atoms with Crippen LogP contribution < -0.4 is 0 Å². The molecule has 0 atom stereocenters. The van der Waals surface area contributed by atoms with Crippen molar-refractivity contribution in [1.82, 2.24) is 14.7 Å². The van der Waals surface area contributed by atoms with Gasteiger partial charge in [-0.05, 0) is 43.9 Å². The molecule has 2 aliphatic heterocycles. The maximum atomic E-state index is 12.6. The van der Waals surface area contributed by atoms with Gasteiger partial charge in [0.15, 0.2) is 0 Å². The minimum Gasteiger partial charge on any atom is -0.340 e. The van der Waals surface area contributed by atoms with Crippen molar-refractivity contribution < 1.29 is 14.4 Å². The number of rotatable bonds is 6. The van der Waals surface area contributed by atoms with Crippen molar-refractivity contribution in [3.8, 4) is 0 Å². The van der Waals surface area contributed by atoms with Gasteiger partial charge in [0.25, 0.3) is 11.8 Å². The number of fused-ring (bicyclic) bond motifs is 1. The first-order valence-corrected chi connectivity index (χ1v) is 11.1. The number of benzene rings is 1. The Labute approximate surface area is 172 Å². The van der Waals surface area contributed by atoms with Crippen LogP contribution in [0.1, 0.15) is 65.7 Å². The fraction of sp³-hybridized carbons (Fsp3) is 0.609. The lowest BCUT2D eigenvalue weighted by atomic mass is 9.86. The van der Waals surface area contributed by atoms with E-state index in [0.717, 1.165) is 45.6 Å². The smallest absolute Gasteiger partial charge is 0.261 e. The molecule has 3 amide bonds. The van der Waals surface area contributed by atoms with E-state index in [4.69, 9.17) is 0 Å². The lowest BCUT2D eigenvalue weighted by molar-refractivity contribution is -0.134. The number of imide groups is 1. The molecule has 2 fully saturated rings. The van der Waals surface area contributed by atoms with Crippen LogP contribution in [0.25, 0.3) is 0 Å². The molecule has 4 rings (SSSR count). The lowest BCUT2D eigenvalue weighted by Gasteiger charge is -2.36. The Kier molecular flexibility index (Phi) is 6.28. The molecule has 0 spiro atoms. The fourth-order valence-corrected chi connectivity index (χ4v) is 4.88. The standard InChI is InChI=1S/C23H31N3O3/c27-21(17-18-7-2-1-3-8-18)25-15-13-24(14-16-25)11-6-12-26-22(28)19-9-4-5-10-20(19)23(26)29/h4-5,9-10,18H,1-3,6-8,11-17H2. The summed E-state index contributed by atoms with van der Waals surface area (Å²) in [6, 6.07) is 7.03. The zero-order chi connectivity index (χ0) is 20.2. The number of hydrogen-bond acceptors (Lipinski definition) is 4. The van der Waals surface area contributed by atoms with E-state index in [2.05, 4.69) is 4.90 Å². The molecule has 0 radical (unpaired) electrons. The zero-order valence-electron chi connectivity index (χ0n) is 17.1. The van der Waals surface area contributed by atoms with Gasteiger partial charge in [-0.2, -0.15) is 0 Å². The topological polar surface area (TPSA) is 60.9 Å². The Hall–Kier alpha value is -2.21. The Morgan fingerprint density at radius 2 is 1.48 bits per heavy atom. The summed E-state index contributed by atoms with van der Waals surface area (Å²) in [7, 11) is 0. The first-order chi connectivity index (χ1) is 14.1. The lowest BCUT2D eigenvalue weighted by Crippen LogP contribution is -2.49. The molecule has 1 aromatic rings. The number of hydrogen-bond donors (Lipinski definition) is 0. The summed E-state index contributed by atoms with van der Waals surface area (Å²) < 4.78 is 0. The van der Waals surface area contributed by atoms with Crippen LogP contribution in [0.15, 0.2) is 24.3 Å². The number of amides is 3. The summed E-state index contributed by atoms with van der Waals surface area (Å²) in [5.74, 6) is 0.559. The number of nitrogens with zero attached hydrogens (tertiary/aromatic N) is 3. The van der Waals surface area contributed by atoms with Gasteiger partial charge in [-0.15, -0.1) is 0 Å². The third-order valence-corrected chi connectivity index (χ3v) is 6.65. The number of carbonyl (C=O) groups excluding carboxylic acids is 3. The van der Waals surface area contributed by atoms with Crippen molar-refractivity contribution in [2.75, 3.05) is 39.3 Å². The molecule has 3 aliphatic rings. The minimum absolute atomic E-state index is 0.177. The Bertz CT molecular complexity index is 729. The Balaban J connectivity index is 1.18. The predicted octanol–water partition coefficient (Wildman–Crippen LogP) is 2.79. The van der Waals surface area contributed by atoms with E-state index in [1.807, 2.05) is 4.90 Å². The number of carbonyl (C=O) groups is 3. The molecule has 1 saturated heterocycles. The van der Waals surface area contributed by atoms with Crippen molar-refractivity contribution >= 4 is 17.7 Å². The van der Waals surface area contributed by atoms with Gasteiger partial charge in [0.2, 0.25) is 5.91 Å². The van der Waals surface area contributed by atoms with Gasteiger partial charge in [0, 0.05) is 39.1 Å². The molecule has 29 heavy (non-hydrogen) atoms. The van der Waals surface area contributed by atoms with Crippen LogP contribution in [0.4, 0.5) is 0 Å². The molecule has 0 bridgehead atoms. The van der Waals surface area contributed by atoms with E-state index >= 15 is 0 Å². The monoisotopic (exact) mass is 397 g/mol. The fourth-order valence-electron chi connectivity index (χ4n) is 4.88. The van der Waals surface area contributed by atoms with E-state index in [0.29, 0.717) is 29.5 Å². The van der Waals surface area contributed by atoms with E-state index in [9.17, 15) is 14.4 Å². The third kappa shape index (κ3) is 4.53. The molecule has 6 nitrogen and oxygen atoms in total. The predicted molar refractivity (Wildman–Crippen MR) is 111 cm³/mol. The van der Waals surface area contributed by atoms with Crippen LogP contribution in [0.5, 0.6) is 0 Å². The van der Waals surface area contributed by atoms with Gasteiger partial charge in [-0.25, -0.2) is 0 Å². The van der Waals surface area contributed by atoms with Crippen LogP contribution >= 0.6 is 0 Å². The average molecular weight is 398 g/mol. The van der Waals surface area contributed by atoms with Gasteiger partial charge in [0.05, 0.1) is 11.1 Å². The molecule has 0 aromatic heterocycles. The Morgan fingerprint density at radius 1 is 0.862 bits per heavy atom. The average Bonchev–Trinajstić information content (AvgIpc) is 3.00. The second-order valence-electron chi connectivity index (χ2n) is 8.59. The van der Waals surface area contributed by atoms with E-state index in [-0.39, 0.29) is 11.8 Å². The van der Waals surface area contributed by atoms with Crippen LogP contribution in [0.3, 0.4) is 0 Å². The van der Waals surface area contributed by atoms with Gasteiger partial charge < -0.3 is 4.90 Å². The second-order valence-corrected chi connectivity index (χ2v) is 8.59. The second kappa shape index (κ2) is 9.08. The first-order valence-electron chi connectivity index (χ1n) is 11.1. The minimum atomic E-state index is -0.177. The quantitative estimate of drug-likeness (QED) is 0.693. The highest BCUT2D eigenvalue weighted by molar-refractivity contribution is 6.21. The SMILES string of the molecule is O=C(CC1CCCCC1)N1CCN(CCCN2C(=O)c3ccccc3C2=O)CC1. The summed E-state index contributed by atoms with van der Waals surface area (Å²) >= 11 is 0. The molecule has 1 aromatic carbocycles. The van der Waals surface area contributed by atoms with Crippen molar-refractivity contribution in [1.29, 1.82) is 0 Å². The normalized spacial score (nSPS) is 21.0. The summed E-state index contributed by atoms with van der Waals surface area (Å²) in [6.45, 7) is 4.62. The van der Waals surface area contributed by atoms with E-state index < -0.39 is 0 Å². The molecule has 1 aliphatic carbocycles. The summed E-state index contributed by atoms with van der Waals surface area (Å²) in [5.41, 5.74) is 1.03. The van der Waals surface area contributed by atoms with Gasteiger partial charge >= 0.3 is 0 Å². The molecule has 2 heterocycles. The first kappa shape index (κ1) is 20.1. The number of piperazine rings is 1. The maximum absolute atomic E-state index is 12.6. The van der Waals surface area contributed by atoms with E-state index in [1.54, 1.807) is 24.3 Å². The van der Waals surface area contributed by atoms with Gasteiger partial charge in [-0.1, -0.05) is 31.4 Å². The maximum Gasteiger partial charge on any atom is 0.261 e. The zero-order valence-corrected chi connectivity index (χ0v) is 17.1. The molecule has 1 saturated carbocycles. The third-order valence-electron chi connectivity index (χ3n) is 6.65. The summed E-state index contributed by atoms with van der Waals surface area (Å²) in [4.78, 5) is 43.1. The van der Waals surface area contributed by atoms with Crippen molar-refractivity contribution in [2.24, 2.45) is 5.92 Å². The molecule has 0 N–H and O–H groups in total. The Morgan fingerprint density at radius 3 is 2.10 bits per heavy atom. The van der Waals surface area contributed by atoms with Gasteiger partial charge in [-0.3, -0.25) is 24.2 Å². The van der Waals surface area contributed by atoms with Crippen molar-refractivity contribution in [2.45, 2.75) is 44.9 Å². The van der Waals surface area contributed by atoms with Crippen LogP contribution in [0.2, 0.25) is 0 Å². The molecule has 156 valence electrons. The molecular weight excluding hydrogens is 366 g/mol. The highest BCUT2D eigenvalue weighted by Gasteiger charge is 2.34. The van der Waals surface area contributed by atoms with Crippen molar-refractivity contribution in [3.63, 3.8) is 0 Å². The summed E-state index contributed by atoms with van der Waals surface area (Å²) in [6.07, 6.45) is 7.79. The highest BCUT2D eigenvalue weighted by atomic mass is 16.2. The highest BCUT2D eigenvalue weighted by Crippen LogP contribution is 2.27.